The van der Waals surface area contributed by atoms with Gasteiger partial charge in [-0.2, -0.15) is 0 Å². The van der Waals surface area contributed by atoms with Gasteiger partial charge in [-0.3, -0.25) is 4.79 Å². The van der Waals surface area contributed by atoms with Crippen molar-refractivity contribution >= 4 is 15.8 Å². The molecule has 0 bridgehead atoms. The SMILES string of the molecule is CC(=O)C(C)NS(=O)(=O)CCC(C)C. The Balaban J connectivity index is 4.15. The Hall–Kier alpha value is -0.420. The minimum absolute atomic E-state index is 0.0856. The van der Waals surface area contributed by atoms with Crippen LogP contribution in [0.2, 0.25) is 0 Å². The number of Topliss-reactive ketones (excluding diaryl/α,β-unsaturated/α-hetero) is 1. The van der Waals surface area contributed by atoms with E-state index >= 15 is 0 Å². The first-order chi connectivity index (χ1) is 6.24. The molecule has 0 saturated heterocycles. The van der Waals surface area contributed by atoms with E-state index in [9.17, 15) is 13.2 Å². The Morgan fingerprint density at radius 2 is 1.79 bits per heavy atom. The maximum atomic E-state index is 11.4. The second-order valence-electron chi connectivity index (χ2n) is 3.95. The number of hydrogen-bond acceptors (Lipinski definition) is 3. The van der Waals surface area contributed by atoms with E-state index in [-0.39, 0.29) is 11.5 Å². The van der Waals surface area contributed by atoms with Gasteiger partial charge in [0.2, 0.25) is 10.0 Å². The van der Waals surface area contributed by atoms with Crippen LogP contribution in [0.25, 0.3) is 0 Å². The Kier molecular flexibility index (Phi) is 5.29. The third-order valence-corrected chi connectivity index (χ3v) is 3.42. The molecule has 1 N–H and O–H groups in total. The maximum absolute atomic E-state index is 11.4. The number of nitrogens with one attached hydrogen (secondary N) is 1. The van der Waals surface area contributed by atoms with Gasteiger partial charge in [0.1, 0.15) is 5.78 Å². The molecule has 0 amide bonds. The summed E-state index contributed by atoms with van der Waals surface area (Å²) in [5.41, 5.74) is 0. The van der Waals surface area contributed by atoms with Crippen LogP contribution in [0.4, 0.5) is 0 Å². The Labute approximate surface area is 86.1 Å². The molecule has 0 radical (unpaired) electrons. The molecule has 0 aromatic rings. The second kappa shape index (κ2) is 5.46. The third kappa shape index (κ3) is 6.10. The van der Waals surface area contributed by atoms with Crippen LogP contribution in [-0.2, 0) is 14.8 Å². The average molecular weight is 221 g/mol. The molecule has 1 unspecified atom stereocenters. The van der Waals surface area contributed by atoms with Gasteiger partial charge in [0.25, 0.3) is 0 Å². The summed E-state index contributed by atoms with van der Waals surface area (Å²) in [6.07, 6.45) is 0.611. The van der Waals surface area contributed by atoms with Crippen molar-refractivity contribution in [2.45, 2.75) is 40.2 Å². The topological polar surface area (TPSA) is 63.2 Å². The summed E-state index contributed by atoms with van der Waals surface area (Å²) in [6.45, 7) is 6.85. The van der Waals surface area contributed by atoms with E-state index in [1.807, 2.05) is 13.8 Å². The van der Waals surface area contributed by atoms with E-state index in [0.29, 0.717) is 12.3 Å². The highest BCUT2D eigenvalue weighted by atomic mass is 32.2. The molecule has 0 fully saturated rings. The second-order valence-corrected chi connectivity index (χ2v) is 5.83. The highest BCUT2D eigenvalue weighted by molar-refractivity contribution is 7.89. The van der Waals surface area contributed by atoms with Crippen LogP contribution in [-0.4, -0.2) is 26.0 Å². The quantitative estimate of drug-likeness (QED) is 0.725. The molecular weight excluding hydrogens is 202 g/mol. The molecule has 0 aliphatic rings. The molecule has 4 nitrogen and oxygen atoms in total. The summed E-state index contributed by atoms with van der Waals surface area (Å²) in [5.74, 6) is 0.264. The van der Waals surface area contributed by atoms with Gasteiger partial charge in [-0.05, 0) is 26.2 Å². The molecule has 0 aromatic carbocycles. The molecule has 14 heavy (non-hydrogen) atoms. The maximum Gasteiger partial charge on any atom is 0.212 e. The van der Waals surface area contributed by atoms with Gasteiger partial charge in [0, 0.05) is 0 Å². The van der Waals surface area contributed by atoms with Crippen LogP contribution in [0, 0.1) is 5.92 Å². The smallest absolute Gasteiger partial charge is 0.212 e. The van der Waals surface area contributed by atoms with Crippen molar-refractivity contribution in [3.05, 3.63) is 0 Å². The number of hydrogen-bond donors (Lipinski definition) is 1. The fraction of sp³-hybridized carbons (Fsp3) is 0.889. The van der Waals surface area contributed by atoms with E-state index in [2.05, 4.69) is 4.72 Å². The zero-order valence-electron chi connectivity index (χ0n) is 9.20. The number of carbonyl (C=O) groups excluding carboxylic acids is 1. The van der Waals surface area contributed by atoms with Gasteiger partial charge < -0.3 is 0 Å². The first-order valence-corrected chi connectivity index (χ1v) is 6.40. The zero-order chi connectivity index (χ0) is 11.4. The molecule has 0 aliphatic carbocycles. The van der Waals surface area contributed by atoms with Gasteiger partial charge in [0.05, 0.1) is 11.8 Å². The van der Waals surface area contributed by atoms with Crippen molar-refractivity contribution in [3.8, 4) is 0 Å². The van der Waals surface area contributed by atoms with Crippen molar-refractivity contribution in [3.63, 3.8) is 0 Å². The van der Waals surface area contributed by atoms with Crippen LogP contribution in [0.15, 0.2) is 0 Å². The Morgan fingerprint density at radius 3 is 2.14 bits per heavy atom. The van der Waals surface area contributed by atoms with Gasteiger partial charge in [0.15, 0.2) is 0 Å². The summed E-state index contributed by atoms with van der Waals surface area (Å²) in [5, 5.41) is 0. The lowest BCUT2D eigenvalue weighted by Crippen LogP contribution is -2.38. The van der Waals surface area contributed by atoms with E-state index in [1.165, 1.54) is 6.92 Å². The molecule has 84 valence electrons. The summed E-state index contributed by atoms with van der Waals surface area (Å²) < 4.78 is 25.1. The number of rotatable bonds is 6. The van der Waals surface area contributed by atoms with E-state index in [4.69, 9.17) is 0 Å². The van der Waals surface area contributed by atoms with Crippen molar-refractivity contribution in [1.82, 2.24) is 4.72 Å². The first-order valence-electron chi connectivity index (χ1n) is 4.75. The van der Waals surface area contributed by atoms with Gasteiger partial charge in [-0.1, -0.05) is 13.8 Å². The number of ketones is 1. The van der Waals surface area contributed by atoms with Crippen molar-refractivity contribution in [2.24, 2.45) is 5.92 Å². The monoisotopic (exact) mass is 221 g/mol. The van der Waals surface area contributed by atoms with E-state index < -0.39 is 16.1 Å². The van der Waals surface area contributed by atoms with Gasteiger partial charge in [-0.25, -0.2) is 13.1 Å². The lowest BCUT2D eigenvalue weighted by Gasteiger charge is -2.11. The van der Waals surface area contributed by atoms with Crippen molar-refractivity contribution in [1.29, 1.82) is 0 Å². The predicted octanol–water partition coefficient (Wildman–Crippen LogP) is 0.929. The van der Waals surface area contributed by atoms with E-state index in [0.717, 1.165) is 0 Å². The predicted molar refractivity (Wildman–Crippen MR) is 56.5 cm³/mol. The summed E-state index contributed by atoms with van der Waals surface area (Å²) in [6, 6.07) is -0.618. The highest BCUT2D eigenvalue weighted by Gasteiger charge is 2.17. The molecule has 5 heteroatoms. The van der Waals surface area contributed by atoms with E-state index in [1.54, 1.807) is 6.92 Å². The van der Waals surface area contributed by atoms with Crippen LogP contribution in [0.5, 0.6) is 0 Å². The van der Waals surface area contributed by atoms with Gasteiger partial charge in [-0.15, -0.1) is 0 Å². The average Bonchev–Trinajstić information content (AvgIpc) is 2.00. The first kappa shape index (κ1) is 13.6. The van der Waals surface area contributed by atoms with Crippen molar-refractivity contribution < 1.29 is 13.2 Å². The molecule has 0 aromatic heterocycles. The summed E-state index contributed by atoms with van der Waals surface area (Å²) >= 11 is 0. The van der Waals surface area contributed by atoms with Crippen LogP contribution in [0.3, 0.4) is 0 Å². The molecule has 0 saturated carbocycles. The van der Waals surface area contributed by atoms with Crippen molar-refractivity contribution in [2.75, 3.05) is 5.75 Å². The largest absolute Gasteiger partial charge is 0.298 e. The lowest BCUT2D eigenvalue weighted by atomic mass is 10.2. The minimum Gasteiger partial charge on any atom is -0.298 e. The third-order valence-electron chi connectivity index (χ3n) is 1.93. The van der Waals surface area contributed by atoms with Crippen LogP contribution >= 0.6 is 0 Å². The molecule has 1 atom stereocenters. The van der Waals surface area contributed by atoms with Crippen LogP contribution in [0.1, 0.15) is 34.1 Å². The Morgan fingerprint density at radius 1 is 1.29 bits per heavy atom. The number of carbonyl (C=O) groups is 1. The lowest BCUT2D eigenvalue weighted by molar-refractivity contribution is -0.118. The molecule has 0 aliphatic heterocycles. The van der Waals surface area contributed by atoms with Crippen LogP contribution < -0.4 is 4.72 Å². The van der Waals surface area contributed by atoms with Gasteiger partial charge >= 0.3 is 0 Å². The zero-order valence-corrected chi connectivity index (χ0v) is 10.0. The summed E-state index contributed by atoms with van der Waals surface area (Å²) in [7, 11) is -3.29. The Bertz CT molecular complexity index is 282. The minimum atomic E-state index is -3.29. The fourth-order valence-electron chi connectivity index (χ4n) is 0.802. The standard InChI is InChI=1S/C9H19NO3S/c1-7(2)5-6-14(12,13)10-8(3)9(4)11/h7-8,10H,5-6H2,1-4H3. The molecule has 0 spiro atoms. The molecular formula is C9H19NO3S. The molecule has 0 heterocycles. The highest BCUT2D eigenvalue weighted by Crippen LogP contribution is 2.02. The molecule has 0 rings (SSSR count). The summed E-state index contributed by atoms with van der Waals surface area (Å²) in [4.78, 5) is 10.8. The number of sulfonamides is 1. The fourth-order valence-corrected chi connectivity index (χ4v) is 2.41. The normalized spacial score (nSPS) is 14.4.